The molecule has 1 nitrogen and oxygen atoms in total. The highest BCUT2D eigenvalue weighted by molar-refractivity contribution is 4.82. The lowest BCUT2D eigenvalue weighted by atomic mass is 9.92. The average Bonchev–Trinajstić information content (AvgIpc) is 2.32. The third-order valence-electron chi connectivity index (χ3n) is 2.26. The second-order valence-corrected chi connectivity index (χ2v) is 4.47. The van der Waals surface area contributed by atoms with E-state index in [-0.39, 0.29) is 0 Å². The molecule has 1 fully saturated rings. The van der Waals surface area contributed by atoms with Gasteiger partial charge in [0.15, 0.2) is 0 Å². The summed E-state index contributed by atoms with van der Waals surface area (Å²) in [6.45, 7) is 8.87. The second kappa shape index (κ2) is 5.58. The van der Waals surface area contributed by atoms with Gasteiger partial charge in [0, 0.05) is 7.11 Å². The summed E-state index contributed by atoms with van der Waals surface area (Å²) in [5.74, 6) is 0. The van der Waals surface area contributed by atoms with Crippen molar-refractivity contribution in [3.63, 3.8) is 0 Å². The van der Waals surface area contributed by atoms with Crippen LogP contribution in [0, 0.1) is 5.41 Å². The normalized spacial score (nSPS) is 26.2. The van der Waals surface area contributed by atoms with Gasteiger partial charge in [0.2, 0.25) is 0 Å². The first-order valence-corrected chi connectivity index (χ1v) is 5.08. The van der Waals surface area contributed by atoms with Crippen molar-refractivity contribution in [1.29, 1.82) is 0 Å². The Morgan fingerprint density at radius 2 is 1.83 bits per heavy atom. The van der Waals surface area contributed by atoms with Crippen molar-refractivity contribution in [2.24, 2.45) is 5.41 Å². The zero-order chi connectivity index (χ0) is 9.61. The van der Waals surface area contributed by atoms with E-state index in [0.717, 1.165) is 0 Å². The Bertz CT molecular complexity index is 108. The minimum atomic E-state index is 0.542. The van der Waals surface area contributed by atoms with Crippen molar-refractivity contribution in [1.82, 2.24) is 0 Å². The highest BCUT2D eigenvalue weighted by atomic mass is 16.5. The fourth-order valence-corrected chi connectivity index (χ4v) is 1.57. The third kappa shape index (κ3) is 4.76. The summed E-state index contributed by atoms with van der Waals surface area (Å²) in [6.07, 6.45) is 5.61. The summed E-state index contributed by atoms with van der Waals surface area (Å²) in [5.41, 5.74) is 0.542. The molecule has 1 aliphatic rings. The highest BCUT2D eigenvalue weighted by Gasteiger charge is 2.30. The molecule has 0 N–H and O–H groups in total. The SMILES string of the molecule is CCC.COC1CCC(C)(C)C1. The van der Waals surface area contributed by atoms with Crippen LogP contribution >= 0.6 is 0 Å². The number of hydrogen-bond acceptors (Lipinski definition) is 1. The summed E-state index contributed by atoms with van der Waals surface area (Å²) < 4.78 is 5.25. The minimum Gasteiger partial charge on any atom is -0.381 e. The largest absolute Gasteiger partial charge is 0.381 e. The number of rotatable bonds is 1. The molecule has 74 valence electrons. The Kier molecular flexibility index (Phi) is 5.56. The van der Waals surface area contributed by atoms with E-state index in [1.165, 1.54) is 25.7 Å². The Balaban J connectivity index is 0.000000354. The minimum absolute atomic E-state index is 0.542. The molecule has 1 unspecified atom stereocenters. The molecule has 1 saturated carbocycles. The van der Waals surface area contributed by atoms with Crippen molar-refractivity contribution in [3.05, 3.63) is 0 Å². The summed E-state index contributed by atoms with van der Waals surface area (Å²) in [5, 5.41) is 0. The monoisotopic (exact) mass is 172 g/mol. The van der Waals surface area contributed by atoms with Gasteiger partial charge in [0.05, 0.1) is 6.10 Å². The van der Waals surface area contributed by atoms with Crippen LogP contribution in [0.4, 0.5) is 0 Å². The zero-order valence-corrected chi connectivity index (χ0v) is 9.31. The van der Waals surface area contributed by atoms with E-state index >= 15 is 0 Å². The molecule has 1 atom stereocenters. The van der Waals surface area contributed by atoms with Gasteiger partial charge >= 0.3 is 0 Å². The van der Waals surface area contributed by atoms with Crippen LogP contribution in [0.3, 0.4) is 0 Å². The summed E-state index contributed by atoms with van der Waals surface area (Å²) >= 11 is 0. The van der Waals surface area contributed by atoms with Crippen LogP contribution in [-0.4, -0.2) is 13.2 Å². The van der Waals surface area contributed by atoms with Gasteiger partial charge in [-0.25, -0.2) is 0 Å². The molecule has 0 aliphatic heterocycles. The van der Waals surface area contributed by atoms with Crippen LogP contribution < -0.4 is 0 Å². The van der Waals surface area contributed by atoms with Gasteiger partial charge in [-0.05, 0) is 24.7 Å². The van der Waals surface area contributed by atoms with Crippen molar-refractivity contribution in [3.8, 4) is 0 Å². The van der Waals surface area contributed by atoms with Gasteiger partial charge in [-0.15, -0.1) is 0 Å². The first-order chi connectivity index (χ1) is 5.55. The van der Waals surface area contributed by atoms with Crippen molar-refractivity contribution < 1.29 is 4.74 Å². The molecule has 1 rings (SSSR count). The second-order valence-electron chi connectivity index (χ2n) is 4.47. The molecular formula is C11H24O. The molecule has 0 amide bonds. The van der Waals surface area contributed by atoms with Gasteiger partial charge in [-0.2, -0.15) is 0 Å². The van der Waals surface area contributed by atoms with E-state index < -0.39 is 0 Å². The van der Waals surface area contributed by atoms with Crippen molar-refractivity contribution >= 4 is 0 Å². The van der Waals surface area contributed by atoms with E-state index in [4.69, 9.17) is 4.74 Å². The highest BCUT2D eigenvalue weighted by Crippen LogP contribution is 2.37. The maximum Gasteiger partial charge on any atom is 0.0576 e. The Morgan fingerprint density at radius 3 is 2.00 bits per heavy atom. The quantitative estimate of drug-likeness (QED) is 0.587. The standard InChI is InChI=1S/C8H16O.C3H8/c1-8(2)5-4-7(6-8)9-3;1-3-2/h7H,4-6H2,1-3H3;3H2,1-2H3. The summed E-state index contributed by atoms with van der Waals surface area (Å²) in [6, 6.07) is 0. The number of methoxy groups -OCH3 is 1. The lowest BCUT2D eigenvalue weighted by Gasteiger charge is -2.15. The number of ether oxygens (including phenoxy) is 1. The summed E-state index contributed by atoms with van der Waals surface area (Å²) in [4.78, 5) is 0. The Morgan fingerprint density at radius 1 is 1.33 bits per heavy atom. The van der Waals surface area contributed by atoms with Crippen LogP contribution in [-0.2, 0) is 4.74 Å². The van der Waals surface area contributed by atoms with Gasteiger partial charge in [0.1, 0.15) is 0 Å². The van der Waals surface area contributed by atoms with Gasteiger partial charge in [0.25, 0.3) is 0 Å². The van der Waals surface area contributed by atoms with Gasteiger partial charge < -0.3 is 4.74 Å². The molecule has 12 heavy (non-hydrogen) atoms. The van der Waals surface area contributed by atoms with Gasteiger partial charge in [-0.3, -0.25) is 0 Å². The maximum atomic E-state index is 5.25. The first-order valence-electron chi connectivity index (χ1n) is 5.08. The molecule has 0 spiro atoms. The predicted octanol–water partition coefficient (Wildman–Crippen LogP) is 3.63. The molecule has 1 aliphatic carbocycles. The first kappa shape index (κ1) is 12.0. The molecule has 0 heterocycles. The lowest BCUT2D eigenvalue weighted by molar-refractivity contribution is 0.0995. The van der Waals surface area contributed by atoms with E-state index in [0.29, 0.717) is 11.5 Å². The predicted molar refractivity (Wildman–Crippen MR) is 54.4 cm³/mol. The van der Waals surface area contributed by atoms with Crippen LogP contribution in [0.5, 0.6) is 0 Å². The van der Waals surface area contributed by atoms with Crippen LogP contribution in [0.15, 0.2) is 0 Å². The lowest BCUT2D eigenvalue weighted by Crippen LogP contribution is -2.09. The van der Waals surface area contributed by atoms with Crippen molar-refractivity contribution in [2.75, 3.05) is 7.11 Å². The molecule has 0 bridgehead atoms. The smallest absolute Gasteiger partial charge is 0.0576 e. The third-order valence-corrected chi connectivity index (χ3v) is 2.26. The van der Waals surface area contributed by atoms with Gasteiger partial charge in [-0.1, -0.05) is 34.1 Å². The molecular weight excluding hydrogens is 148 g/mol. The Hall–Kier alpha value is -0.0400. The molecule has 0 saturated heterocycles. The Labute approximate surface area is 77.5 Å². The summed E-state index contributed by atoms with van der Waals surface area (Å²) in [7, 11) is 1.81. The van der Waals surface area contributed by atoms with Crippen LogP contribution in [0.2, 0.25) is 0 Å². The fraction of sp³-hybridized carbons (Fsp3) is 1.00. The zero-order valence-electron chi connectivity index (χ0n) is 9.31. The molecule has 0 aromatic heterocycles. The van der Waals surface area contributed by atoms with Crippen LogP contribution in [0.1, 0.15) is 53.4 Å². The number of hydrogen-bond donors (Lipinski definition) is 0. The molecule has 1 heteroatoms. The van der Waals surface area contributed by atoms with E-state index in [9.17, 15) is 0 Å². The van der Waals surface area contributed by atoms with Crippen molar-refractivity contribution in [2.45, 2.75) is 59.5 Å². The molecule has 0 aromatic rings. The fourth-order valence-electron chi connectivity index (χ4n) is 1.57. The topological polar surface area (TPSA) is 9.23 Å². The van der Waals surface area contributed by atoms with E-state index in [1.807, 2.05) is 7.11 Å². The molecule has 0 radical (unpaired) electrons. The molecule has 0 aromatic carbocycles. The van der Waals surface area contributed by atoms with Crippen LogP contribution in [0.25, 0.3) is 0 Å². The average molecular weight is 172 g/mol. The van der Waals surface area contributed by atoms with E-state index in [1.54, 1.807) is 0 Å². The maximum absolute atomic E-state index is 5.25. The van der Waals surface area contributed by atoms with E-state index in [2.05, 4.69) is 27.7 Å².